The molecule has 0 saturated carbocycles. The van der Waals surface area contributed by atoms with E-state index >= 15 is 0 Å². The molecule has 0 N–H and O–H groups in total. The number of carbonyl (C=O) groups is 8. The maximum Gasteiger partial charge on any atom is 0.305 e. The van der Waals surface area contributed by atoms with Gasteiger partial charge >= 0.3 is 47.8 Å². The summed E-state index contributed by atoms with van der Waals surface area (Å²) in [4.78, 5) is 94.8. The minimum absolute atomic E-state index is 0.573. The summed E-state index contributed by atoms with van der Waals surface area (Å²) < 4.78 is 59.1. The van der Waals surface area contributed by atoms with E-state index in [0.29, 0.717) is 0 Å². The minimum atomic E-state index is -1.78. The normalized spacial score (nSPS) is 22.3. The number of rotatable bonds is 17. The first-order valence-electron chi connectivity index (χ1n) is 14.1. The number of esters is 8. The number of carbonyl (C=O) groups excluding carboxylic acids is 8. The van der Waals surface area contributed by atoms with E-state index in [4.69, 9.17) is 52.1 Å². The van der Waals surface area contributed by atoms with Gasteiger partial charge in [-0.05, 0) is 0 Å². The van der Waals surface area contributed by atoms with E-state index in [2.05, 4.69) is 0 Å². The van der Waals surface area contributed by atoms with Gasteiger partial charge in [0.2, 0.25) is 6.29 Å². The molecule has 1 rings (SSSR count). The molecule has 0 aromatic rings. The summed E-state index contributed by atoms with van der Waals surface area (Å²) in [6.45, 7) is 5.93. The Kier molecular flexibility index (Phi) is 17.3. The monoisotopic (exact) mass is 680 g/mol. The molecule has 0 spiro atoms. The molecule has 0 aliphatic carbocycles. The van der Waals surface area contributed by atoms with Crippen LogP contribution in [0.25, 0.3) is 0 Å². The van der Waals surface area contributed by atoms with Gasteiger partial charge < -0.3 is 52.1 Å². The summed E-state index contributed by atoms with van der Waals surface area (Å²) in [6, 6.07) is 0. The average Bonchev–Trinajstić information content (AvgIpc) is 2.92. The highest BCUT2D eigenvalue weighted by atomic mass is 16.8. The van der Waals surface area contributed by atoms with Crippen molar-refractivity contribution in [1.82, 2.24) is 0 Å². The van der Waals surface area contributed by atoms with Crippen molar-refractivity contribution in [2.24, 2.45) is 0 Å². The number of hydrogen-bond acceptors (Lipinski definition) is 19. The van der Waals surface area contributed by atoms with Gasteiger partial charge in [-0.1, -0.05) is 0 Å². The maximum absolute atomic E-state index is 12.2. The third-order valence-electron chi connectivity index (χ3n) is 5.62. The summed E-state index contributed by atoms with van der Waals surface area (Å²) in [5.74, 6) is -6.66. The summed E-state index contributed by atoms with van der Waals surface area (Å²) in [7, 11) is 0. The van der Waals surface area contributed by atoms with Crippen LogP contribution in [0.1, 0.15) is 55.4 Å². The van der Waals surface area contributed by atoms with Crippen LogP contribution in [-0.4, -0.2) is 123 Å². The molecule has 1 aliphatic heterocycles. The van der Waals surface area contributed by atoms with Gasteiger partial charge in [-0.15, -0.1) is 0 Å². The van der Waals surface area contributed by atoms with Crippen LogP contribution in [0.3, 0.4) is 0 Å². The van der Waals surface area contributed by atoms with Crippen LogP contribution >= 0.6 is 0 Å². The highest BCUT2D eigenvalue weighted by Gasteiger charge is 2.54. The lowest BCUT2D eigenvalue weighted by Gasteiger charge is -2.45. The lowest BCUT2D eigenvalue weighted by Crippen LogP contribution is -2.64. The highest BCUT2D eigenvalue weighted by molar-refractivity contribution is 5.69. The Bertz CT molecular complexity index is 1130. The standard InChI is InChI=1S/C28H40O19/c1-13(29)37-9-21(45-24(41-17(5)33)12-40-16(4)32)22(10-38-14(2)30)46-28-27(44-20(8)36)26(43-19(7)35)25(42-18(6)34)23(47-28)11-39-15(3)31/h21-28H,9-12H2,1-8H3/t21?,22-,23?,24+,25-,26?,27?,28+/m0/s1. The molecule has 0 aromatic heterocycles. The van der Waals surface area contributed by atoms with Gasteiger partial charge in [0.05, 0.1) is 0 Å². The first-order chi connectivity index (χ1) is 21.9. The zero-order valence-corrected chi connectivity index (χ0v) is 27.2. The van der Waals surface area contributed by atoms with Gasteiger partial charge in [-0.25, -0.2) is 0 Å². The summed E-state index contributed by atoms with van der Waals surface area (Å²) >= 11 is 0. The molecule has 0 bridgehead atoms. The lowest BCUT2D eigenvalue weighted by atomic mass is 9.98. The second kappa shape index (κ2) is 20.0. The van der Waals surface area contributed by atoms with E-state index in [1.807, 2.05) is 0 Å². The predicted octanol–water partition coefficient (Wildman–Crippen LogP) is -0.582. The Morgan fingerprint density at radius 1 is 0.511 bits per heavy atom. The second-order valence-corrected chi connectivity index (χ2v) is 9.86. The van der Waals surface area contributed by atoms with E-state index < -0.39 is 123 Å². The molecular weight excluding hydrogens is 640 g/mol. The molecule has 1 heterocycles. The maximum atomic E-state index is 12.2. The van der Waals surface area contributed by atoms with Crippen LogP contribution in [0.15, 0.2) is 0 Å². The van der Waals surface area contributed by atoms with Crippen LogP contribution in [-0.2, 0) is 90.5 Å². The van der Waals surface area contributed by atoms with E-state index in [9.17, 15) is 38.4 Å². The molecule has 0 amide bonds. The van der Waals surface area contributed by atoms with Crippen molar-refractivity contribution in [2.75, 3.05) is 26.4 Å². The molecule has 19 heteroatoms. The Morgan fingerprint density at radius 3 is 1.43 bits per heavy atom. The molecule has 47 heavy (non-hydrogen) atoms. The van der Waals surface area contributed by atoms with E-state index in [1.54, 1.807) is 0 Å². The van der Waals surface area contributed by atoms with E-state index in [0.717, 1.165) is 55.4 Å². The SMILES string of the molecule is CC(=O)OCC1O[C@@H](O[C@@H](COC(C)=O)C(COC(C)=O)O[C@H](COC(C)=O)OC(C)=O)C(OC(C)=O)C(OC(C)=O)[C@H]1OC(C)=O. The van der Waals surface area contributed by atoms with Gasteiger partial charge in [-0.3, -0.25) is 38.4 Å². The molecule has 19 nitrogen and oxygen atoms in total. The van der Waals surface area contributed by atoms with Crippen LogP contribution < -0.4 is 0 Å². The molecule has 8 atom stereocenters. The van der Waals surface area contributed by atoms with Gasteiger partial charge in [0.1, 0.15) is 38.1 Å². The van der Waals surface area contributed by atoms with Crippen molar-refractivity contribution >= 4 is 47.8 Å². The van der Waals surface area contributed by atoms with Crippen molar-refractivity contribution in [3.8, 4) is 0 Å². The molecule has 0 radical (unpaired) electrons. The topological polar surface area (TPSA) is 238 Å². The Balaban J connectivity index is 3.71. The van der Waals surface area contributed by atoms with Crippen LogP contribution in [0.5, 0.6) is 0 Å². The number of ether oxygens (including phenoxy) is 11. The Labute approximate surface area is 269 Å². The van der Waals surface area contributed by atoms with Gasteiger partial charge in [0.25, 0.3) is 0 Å². The van der Waals surface area contributed by atoms with Gasteiger partial charge in [-0.2, -0.15) is 0 Å². The predicted molar refractivity (Wildman–Crippen MR) is 147 cm³/mol. The zero-order chi connectivity index (χ0) is 35.8. The largest absolute Gasteiger partial charge is 0.463 e. The summed E-state index contributed by atoms with van der Waals surface area (Å²) in [5, 5.41) is 0. The quantitative estimate of drug-likeness (QED) is 0.106. The van der Waals surface area contributed by atoms with Gasteiger partial charge in [0.15, 0.2) is 31.2 Å². The molecule has 1 aliphatic rings. The zero-order valence-electron chi connectivity index (χ0n) is 27.2. The minimum Gasteiger partial charge on any atom is -0.463 e. The van der Waals surface area contributed by atoms with Crippen LogP contribution in [0.4, 0.5) is 0 Å². The van der Waals surface area contributed by atoms with E-state index in [-0.39, 0.29) is 0 Å². The molecule has 266 valence electrons. The van der Waals surface area contributed by atoms with E-state index in [1.165, 1.54) is 0 Å². The number of hydrogen-bond donors (Lipinski definition) is 0. The molecular formula is C28H40O19. The van der Waals surface area contributed by atoms with Crippen molar-refractivity contribution in [3.05, 3.63) is 0 Å². The average molecular weight is 681 g/mol. The molecule has 0 aromatic carbocycles. The molecule has 1 fully saturated rings. The highest BCUT2D eigenvalue weighted by Crippen LogP contribution is 2.31. The Morgan fingerprint density at radius 2 is 0.957 bits per heavy atom. The third kappa shape index (κ3) is 16.2. The lowest BCUT2D eigenvalue weighted by molar-refractivity contribution is -0.330. The molecule has 1 saturated heterocycles. The van der Waals surface area contributed by atoms with Crippen molar-refractivity contribution in [2.45, 2.75) is 105 Å². The van der Waals surface area contributed by atoms with Crippen molar-refractivity contribution in [3.63, 3.8) is 0 Å². The third-order valence-corrected chi connectivity index (χ3v) is 5.62. The summed E-state index contributed by atoms with van der Waals surface area (Å²) in [5.41, 5.74) is 0. The second-order valence-electron chi connectivity index (χ2n) is 9.86. The van der Waals surface area contributed by atoms with Crippen LogP contribution in [0.2, 0.25) is 0 Å². The smallest absolute Gasteiger partial charge is 0.305 e. The fraction of sp³-hybridized carbons (Fsp3) is 0.714. The van der Waals surface area contributed by atoms with Crippen LogP contribution in [0, 0.1) is 0 Å². The summed E-state index contributed by atoms with van der Waals surface area (Å²) in [6.07, 6.45) is -12.6. The van der Waals surface area contributed by atoms with Crippen molar-refractivity contribution < 1.29 is 90.5 Å². The van der Waals surface area contributed by atoms with Gasteiger partial charge in [0, 0.05) is 55.4 Å². The molecule has 4 unspecified atom stereocenters. The Hall–Kier alpha value is -4.36. The fourth-order valence-electron chi connectivity index (χ4n) is 4.00. The first kappa shape index (κ1) is 40.7. The fourth-order valence-corrected chi connectivity index (χ4v) is 4.00. The van der Waals surface area contributed by atoms with Crippen molar-refractivity contribution in [1.29, 1.82) is 0 Å². The first-order valence-corrected chi connectivity index (χ1v) is 14.1.